The van der Waals surface area contributed by atoms with Crippen LogP contribution in [0.25, 0.3) is 0 Å². The number of nitrogens with zero attached hydrogens (tertiary/aromatic N) is 1. The van der Waals surface area contributed by atoms with Gasteiger partial charge in [-0.2, -0.15) is 5.10 Å². The van der Waals surface area contributed by atoms with E-state index in [4.69, 9.17) is 5.84 Å². The van der Waals surface area contributed by atoms with Crippen LogP contribution in [0.15, 0.2) is 17.4 Å². The fourth-order valence-corrected chi connectivity index (χ4v) is 1.58. The van der Waals surface area contributed by atoms with Crippen LogP contribution in [0.2, 0.25) is 0 Å². The first kappa shape index (κ1) is 6.46. The highest BCUT2D eigenvalue weighted by atomic mass is 15.1. The lowest BCUT2D eigenvalue weighted by atomic mass is 9.96. The molecular formula is C8H11N3. The first-order valence-electron chi connectivity index (χ1n) is 3.85. The van der Waals surface area contributed by atoms with E-state index < -0.39 is 0 Å². The zero-order valence-electron chi connectivity index (χ0n) is 6.30. The molecular weight excluding hydrogens is 138 g/mol. The predicted octanol–water partition coefficient (Wildman–Crippen LogP) is 1.01. The standard InChI is InChI=1S/C8H11N3/c9-11-8-3-1-2-7-6(8)4-5-10-7/h4-5,10H,1-3,9H2. The summed E-state index contributed by atoms with van der Waals surface area (Å²) in [6, 6.07) is 2.04. The molecule has 1 aromatic heterocycles. The van der Waals surface area contributed by atoms with Crippen LogP contribution in [0, 0.1) is 0 Å². The number of aromatic amines is 1. The number of hydrogen-bond acceptors (Lipinski definition) is 2. The molecule has 3 N–H and O–H groups in total. The van der Waals surface area contributed by atoms with Crippen molar-refractivity contribution in [1.82, 2.24) is 4.98 Å². The molecule has 0 fully saturated rings. The molecule has 0 spiro atoms. The van der Waals surface area contributed by atoms with E-state index in [1.807, 2.05) is 12.3 Å². The van der Waals surface area contributed by atoms with Crippen LogP contribution in [-0.2, 0) is 6.42 Å². The van der Waals surface area contributed by atoms with Crippen molar-refractivity contribution in [1.29, 1.82) is 0 Å². The minimum Gasteiger partial charge on any atom is -0.364 e. The minimum atomic E-state index is 1.02. The van der Waals surface area contributed by atoms with Crippen molar-refractivity contribution in [2.75, 3.05) is 0 Å². The molecule has 0 bridgehead atoms. The summed E-state index contributed by atoms with van der Waals surface area (Å²) >= 11 is 0. The Balaban J connectivity index is 2.48. The minimum absolute atomic E-state index is 1.02. The summed E-state index contributed by atoms with van der Waals surface area (Å²) in [5, 5.41) is 3.76. The highest BCUT2D eigenvalue weighted by Crippen LogP contribution is 2.19. The molecule has 11 heavy (non-hydrogen) atoms. The van der Waals surface area contributed by atoms with E-state index in [9.17, 15) is 0 Å². The molecule has 1 heterocycles. The number of H-pyrrole nitrogens is 1. The summed E-state index contributed by atoms with van der Waals surface area (Å²) in [4.78, 5) is 3.19. The molecule has 1 aliphatic carbocycles. The van der Waals surface area contributed by atoms with Gasteiger partial charge in [0, 0.05) is 17.5 Å². The second-order valence-corrected chi connectivity index (χ2v) is 2.80. The van der Waals surface area contributed by atoms with Crippen LogP contribution in [-0.4, -0.2) is 10.7 Å². The predicted molar refractivity (Wildman–Crippen MR) is 44.5 cm³/mol. The lowest BCUT2D eigenvalue weighted by molar-refractivity contribution is 0.816. The molecule has 0 unspecified atom stereocenters. The van der Waals surface area contributed by atoms with Gasteiger partial charge in [0.15, 0.2) is 0 Å². The fraction of sp³-hybridized carbons (Fsp3) is 0.375. The van der Waals surface area contributed by atoms with Crippen LogP contribution < -0.4 is 5.84 Å². The van der Waals surface area contributed by atoms with Gasteiger partial charge in [-0.3, -0.25) is 0 Å². The summed E-state index contributed by atoms with van der Waals surface area (Å²) in [6.45, 7) is 0. The lowest BCUT2D eigenvalue weighted by Gasteiger charge is -2.11. The first-order valence-corrected chi connectivity index (χ1v) is 3.85. The zero-order chi connectivity index (χ0) is 7.68. The average Bonchev–Trinajstić information content (AvgIpc) is 2.50. The molecule has 1 aliphatic rings. The highest BCUT2D eigenvalue weighted by molar-refractivity contribution is 6.02. The van der Waals surface area contributed by atoms with Crippen molar-refractivity contribution in [3.8, 4) is 0 Å². The molecule has 0 aliphatic heterocycles. The van der Waals surface area contributed by atoms with Gasteiger partial charge in [0.1, 0.15) is 0 Å². The van der Waals surface area contributed by atoms with Gasteiger partial charge >= 0.3 is 0 Å². The third kappa shape index (κ3) is 0.926. The SMILES string of the molecule is NN=C1CCCc2[nH]ccc21. The second kappa shape index (κ2) is 2.42. The summed E-state index contributed by atoms with van der Waals surface area (Å²) < 4.78 is 0. The van der Waals surface area contributed by atoms with Crippen molar-refractivity contribution in [3.63, 3.8) is 0 Å². The Hall–Kier alpha value is -1.25. The van der Waals surface area contributed by atoms with Crippen LogP contribution in [0.5, 0.6) is 0 Å². The van der Waals surface area contributed by atoms with Crippen LogP contribution >= 0.6 is 0 Å². The Morgan fingerprint density at radius 1 is 1.45 bits per heavy atom. The molecule has 2 rings (SSSR count). The van der Waals surface area contributed by atoms with Crippen LogP contribution in [0.4, 0.5) is 0 Å². The topological polar surface area (TPSA) is 54.2 Å². The molecule has 0 atom stereocenters. The van der Waals surface area contributed by atoms with Crippen LogP contribution in [0.3, 0.4) is 0 Å². The Morgan fingerprint density at radius 3 is 3.18 bits per heavy atom. The maximum atomic E-state index is 5.25. The molecule has 0 radical (unpaired) electrons. The third-order valence-electron chi connectivity index (χ3n) is 2.14. The van der Waals surface area contributed by atoms with Crippen molar-refractivity contribution < 1.29 is 0 Å². The van der Waals surface area contributed by atoms with E-state index in [0.717, 1.165) is 25.0 Å². The Kier molecular flexibility index (Phi) is 1.42. The highest BCUT2D eigenvalue weighted by Gasteiger charge is 2.15. The van der Waals surface area contributed by atoms with Gasteiger partial charge in [0.05, 0.1) is 5.71 Å². The number of hydrazone groups is 1. The van der Waals surface area contributed by atoms with E-state index in [-0.39, 0.29) is 0 Å². The number of aromatic nitrogens is 1. The normalized spacial score (nSPS) is 20.2. The van der Waals surface area contributed by atoms with Crippen molar-refractivity contribution >= 4 is 5.71 Å². The van der Waals surface area contributed by atoms with E-state index in [1.54, 1.807) is 0 Å². The Morgan fingerprint density at radius 2 is 2.36 bits per heavy atom. The van der Waals surface area contributed by atoms with E-state index in [1.165, 1.54) is 11.3 Å². The number of rotatable bonds is 0. The van der Waals surface area contributed by atoms with Crippen LogP contribution in [0.1, 0.15) is 24.1 Å². The van der Waals surface area contributed by atoms with Gasteiger partial charge in [0.2, 0.25) is 0 Å². The summed E-state index contributed by atoms with van der Waals surface area (Å²) in [6.07, 6.45) is 5.24. The largest absolute Gasteiger partial charge is 0.364 e. The Bertz CT molecular complexity index is 285. The maximum Gasteiger partial charge on any atom is 0.0690 e. The van der Waals surface area contributed by atoms with Gasteiger partial charge in [-0.05, 0) is 25.3 Å². The molecule has 0 aromatic carbocycles. The molecule has 58 valence electrons. The van der Waals surface area contributed by atoms with Gasteiger partial charge in [-0.15, -0.1) is 0 Å². The van der Waals surface area contributed by atoms with Crippen molar-refractivity contribution in [2.24, 2.45) is 10.9 Å². The molecule has 0 saturated heterocycles. The number of nitrogens with one attached hydrogen (secondary N) is 1. The molecule has 1 aromatic rings. The molecule has 3 heteroatoms. The monoisotopic (exact) mass is 149 g/mol. The van der Waals surface area contributed by atoms with Crippen molar-refractivity contribution in [3.05, 3.63) is 23.5 Å². The average molecular weight is 149 g/mol. The fourth-order valence-electron chi connectivity index (χ4n) is 1.58. The van der Waals surface area contributed by atoms with Crippen molar-refractivity contribution in [2.45, 2.75) is 19.3 Å². The lowest BCUT2D eigenvalue weighted by Crippen LogP contribution is -2.12. The van der Waals surface area contributed by atoms with Gasteiger partial charge in [-0.25, -0.2) is 0 Å². The first-order chi connectivity index (χ1) is 5.42. The maximum absolute atomic E-state index is 5.25. The molecule has 0 amide bonds. The quantitative estimate of drug-likeness (QED) is 0.420. The third-order valence-corrected chi connectivity index (χ3v) is 2.14. The number of aryl methyl sites for hydroxylation is 1. The number of nitrogens with two attached hydrogens (primary N) is 1. The van der Waals surface area contributed by atoms with Gasteiger partial charge in [-0.1, -0.05) is 0 Å². The summed E-state index contributed by atoms with van der Waals surface area (Å²) in [7, 11) is 0. The number of hydrogen-bond donors (Lipinski definition) is 2. The second-order valence-electron chi connectivity index (χ2n) is 2.80. The molecule has 3 nitrogen and oxygen atoms in total. The van der Waals surface area contributed by atoms with Gasteiger partial charge < -0.3 is 10.8 Å². The van der Waals surface area contributed by atoms with E-state index >= 15 is 0 Å². The van der Waals surface area contributed by atoms with Gasteiger partial charge in [0.25, 0.3) is 0 Å². The Labute approximate surface area is 65.3 Å². The summed E-state index contributed by atoms with van der Waals surface area (Å²) in [5.74, 6) is 5.25. The zero-order valence-corrected chi connectivity index (χ0v) is 6.30. The number of fused-ring (bicyclic) bond motifs is 1. The van der Waals surface area contributed by atoms with E-state index in [0.29, 0.717) is 0 Å². The van der Waals surface area contributed by atoms with E-state index in [2.05, 4.69) is 10.1 Å². The summed E-state index contributed by atoms with van der Waals surface area (Å²) in [5.41, 5.74) is 3.52. The molecule has 0 saturated carbocycles. The smallest absolute Gasteiger partial charge is 0.0690 e.